The highest BCUT2D eigenvalue weighted by atomic mass is 35.5. The van der Waals surface area contributed by atoms with Crippen molar-refractivity contribution < 1.29 is 9.18 Å². The van der Waals surface area contributed by atoms with Crippen LogP contribution in [0.4, 0.5) is 4.39 Å². The summed E-state index contributed by atoms with van der Waals surface area (Å²) in [4.78, 5) is 15.3. The van der Waals surface area contributed by atoms with Crippen LogP contribution in [0.25, 0.3) is 0 Å². The average molecular weight is 456 g/mol. The van der Waals surface area contributed by atoms with Gasteiger partial charge in [-0.3, -0.25) is 9.69 Å². The highest BCUT2D eigenvalue weighted by Crippen LogP contribution is 2.36. The molecule has 2 bridgehead atoms. The number of nitrogens with one attached hydrogen (secondary N) is 1. The van der Waals surface area contributed by atoms with Gasteiger partial charge in [-0.1, -0.05) is 46.9 Å². The van der Waals surface area contributed by atoms with E-state index in [1.54, 1.807) is 0 Å². The first-order chi connectivity index (χ1) is 13.9. The van der Waals surface area contributed by atoms with Gasteiger partial charge in [0.2, 0.25) is 0 Å². The SMILES string of the molecule is O=C(NC1CC2CCC(C1)N2CCc1ccc(F)cc1)c1c(Cl)cc(Cl)cc1Cl. The Morgan fingerprint density at radius 1 is 1.03 bits per heavy atom. The molecule has 29 heavy (non-hydrogen) atoms. The van der Waals surface area contributed by atoms with Gasteiger partial charge in [0.1, 0.15) is 5.82 Å². The Morgan fingerprint density at radius 3 is 2.21 bits per heavy atom. The van der Waals surface area contributed by atoms with Gasteiger partial charge in [0.15, 0.2) is 0 Å². The summed E-state index contributed by atoms with van der Waals surface area (Å²) in [5.74, 6) is -0.452. The van der Waals surface area contributed by atoms with E-state index >= 15 is 0 Å². The predicted octanol–water partition coefficient (Wildman–Crippen LogP) is 5.75. The van der Waals surface area contributed by atoms with E-state index in [4.69, 9.17) is 34.8 Å². The maximum Gasteiger partial charge on any atom is 0.254 e. The fraction of sp³-hybridized carbons (Fsp3) is 0.409. The maximum absolute atomic E-state index is 13.1. The van der Waals surface area contributed by atoms with E-state index < -0.39 is 0 Å². The van der Waals surface area contributed by atoms with Crippen LogP contribution in [0, 0.1) is 5.82 Å². The van der Waals surface area contributed by atoms with E-state index in [-0.39, 0.29) is 33.4 Å². The van der Waals surface area contributed by atoms with E-state index in [9.17, 15) is 9.18 Å². The van der Waals surface area contributed by atoms with Gasteiger partial charge in [0.25, 0.3) is 5.91 Å². The molecule has 2 aliphatic heterocycles. The van der Waals surface area contributed by atoms with Gasteiger partial charge in [-0.2, -0.15) is 0 Å². The van der Waals surface area contributed by atoms with Crippen LogP contribution < -0.4 is 5.32 Å². The van der Waals surface area contributed by atoms with E-state index in [0.29, 0.717) is 17.1 Å². The molecule has 4 rings (SSSR count). The zero-order chi connectivity index (χ0) is 20.5. The summed E-state index contributed by atoms with van der Waals surface area (Å²) >= 11 is 18.3. The first kappa shape index (κ1) is 20.9. The second-order valence-corrected chi connectivity index (χ2v) is 9.14. The Bertz CT molecular complexity index is 868. The Hall–Kier alpha value is -1.33. The van der Waals surface area contributed by atoms with Gasteiger partial charge in [-0.15, -0.1) is 0 Å². The fourth-order valence-corrected chi connectivity index (χ4v) is 5.67. The van der Waals surface area contributed by atoms with E-state index in [1.807, 2.05) is 12.1 Å². The molecule has 3 nitrogen and oxygen atoms in total. The van der Waals surface area contributed by atoms with Crippen LogP contribution in [0.15, 0.2) is 36.4 Å². The molecule has 0 aliphatic carbocycles. The van der Waals surface area contributed by atoms with Gasteiger partial charge in [-0.05, 0) is 61.9 Å². The molecule has 2 unspecified atom stereocenters. The molecule has 154 valence electrons. The van der Waals surface area contributed by atoms with Gasteiger partial charge in [0, 0.05) is 29.7 Å². The summed E-state index contributed by atoms with van der Waals surface area (Å²) < 4.78 is 13.1. The third-order valence-electron chi connectivity index (χ3n) is 6.03. The predicted molar refractivity (Wildman–Crippen MR) is 116 cm³/mol. The molecular formula is C22H22Cl3FN2O. The third-order valence-corrected chi connectivity index (χ3v) is 6.84. The third kappa shape index (κ3) is 4.72. The van der Waals surface area contributed by atoms with Crippen molar-refractivity contribution in [1.82, 2.24) is 10.2 Å². The van der Waals surface area contributed by atoms with Gasteiger partial charge >= 0.3 is 0 Å². The monoisotopic (exact) mass is 454 g/mol. The summed E-state index contributed by atoms with van der Waals surface area (Å²) in [6.07, 6.45) is 5.01. The second kappa shape index (κ2) is 8.81. The van der Waals surface area contributed by atoms with Crippen molar-refractivity contribution in [2.24, 2.45) is 0 Å². The van der Waals surface area contributed by atoms with Crippen LogP contribution in [0.3, 0.4) is 0 Å². The Balaban J connectivity index is 1.36. The van der Waals surface area contributed by atoms with Crippen LogP contribution >= 0.6 is 34.8 Å². The molecule has 2 aromatic carbocycles. The van der Waals surface area contributed by atoms with Crippen molar-refractivity contribution in [2.75, 3.05) is 6.54 Å². The molecular weight excluding hydrogens is 434 g/mol. The number of hydrogen-bond donors (Lipinski definition) is 1. The second-order valence-electron chi connectivity index (χ2n) is 7.89. The highest BCUT2D eigenvalue weighted by Gasteiger charge is 2.40. The molecule has 1 amide bonds. The van der Waals surface area contributed by atoms with Crippen molar-refractivity contribution in [3.63, 3.8) is 0 Å². The molecule has 0 aromatic heterocycles. The zero-order valence-corrected chi connectivity index (χ0v) is 18.1. The standard InChI is InChI=1S/C22H22Cl3FN2O/c23-14-9-19(24)21(20(25)10-14)22(29)27-16-11-17-5-6-18(12-16)28(17)8-7-13-1-3-15(26)4-2-13/h1-4,9-10,16-18H,5-8,11-12H2,(H,27,29). The van der Waals surface area contributed by atoms with Gasteiger partial charge in [0.05, 0.1) is 15.6 Å². The number of hydrogen-bond acceptors (Lipinski definition) is 2. The molecule has 2 fully saturated rings. The van der Waals surface area contributed by atoms with Gasteiger partial charge in [-0.25, -0.2) is 4.39 Å². The highest BCUT2D eigenvalue weighted by molar-refractivity contribution is 6.42. The lowest BCUT2D eigenvalue weighted by molar-refractivity contribution is 0.0848. The van der Waals surface area contributed by atoms with Crippen molar-refractivity contribution in [3.05, 3.63) is 68.4 Å². The van der Waals surface area contributed by atoms with Crippen LogP contribution in [0.1, 0.15) is 41.6 Å². The summed E-state index contributed by atoms with van der Waals surface area (Å²) in [5, 5.41) is 4.05. The molecule has 0 spiro atoms. The average Bonchev–Trinajstić information content (AvgIpc) is 2.89. The molecule has 0 saturated carbocycles. The van der Waals surface area contributed by atoms with Crippen molar-refractivity contribution >= 4 is 40.7 Å². The molecule has 2 heterocycles. The van der Waals surface area contributed by atoms with Crippen molar-refractivity contribution in [3.8, 4) is 0 Å². The van der Waals surface area contributed by atoms with Crippen molar-refractivity contribution in [2.45, 2.75) is 50.2 Å². The Kier molecular flexibility index (Phi) is 6.35. The number of piperidine rings is 1. The molecule has 2 aromatic rings. The fourth-order valence-electron chi connectivity index (χ4n) is 4.68. The number of fused-ring (bicyclic) bond motifs is 2. The molecule has 1 N–H and O–H groups in total. The number of benzene rings is 2. The minimum Gasteiger partial charge on any atom is -0.349 e. The van der Waals surface area contributed by atoms with Crippen molar-refractivity contribution in [1.29, 1.82) is 0 Å². The molecule has 7 heteroatoms. The minimum atomic E-state index is -0.249. The van der Waals surface area contributed by atoms with E-state index in [1.165, 1.54) is 24.3 Å². The first-order valence-electron chi connectivity index (χ1n) is 9.86. The number of carbonyl (C=O) groups is 1. The van der Waals surface area contributed by atoms with Crippen LogP contribution in [-0.4, -0.2) is 35.5 Å². The Morgan fingerprint density at radius 2 is 1.62 bits per heavy atom. The smallest absolute Gasteiger partial charge is 0.254 e. The number of nitrogens with zero attached hydrogens (tertiary/aromatic N) is 1. The Labute approximate surface area is 185 Å². The lowest BCUT2D eigenvalue weighted by Crippen LogP contribution is -2.50. The van der Waals surface area contributed by atoms with E-state index in [2.05, 4.69) is 10.2 Å². The molecule has 0 radical (unpaired) electrons. The normalized spacial score (nSPS) is 23.9. The minimum absolute atomic E-state index is 0.102. The van der Waals surface area contributed by atoms with Crippen LogP contribution in [0.2, 0.25) is 15.1 Å². The molecule has 2 aliphatic rings. The summed E-state index contributed by atoms with van der Waals surface area (Å²) in [5.41, 5.74) is 1.43. The van der Waals surface area contributed by atoms with Crippen LogP contribution in [0.5, 0.6) is 0 Å². The quantitative estimate of drug-likeness (QED) is 0.622. The summed E-state index contributed by atoms with van der Waals surface area (Å²) in [6.45, 7) is 0.955. The van der Waals surface area contributed by atoms with Crippen LogP contribution in [-0.2, 0) is 6.42 Å². The first-order valence-corrected chi connectivity index (χ1v) is 11.0. The maximum atomic E-state index is 13.1. The molecule has 2 atom stereocenters. The lowest BCUT2D eigenvalue weighted by atomic mass is 9.96. The summed E-state index contributed by atoms with van der Waals surface area (Å²) in [7, 11) is 0. The van der Waals surface area contributed by atoms with E-state index in [0.717, 1.165) is 44.2 Å². The zero-order valence-electron chi connectivity index (χ0n) is 15.8. The largest absolute Gasteiger partial charge is 0.349 e. The van der Waals surface area contributed by atoms with Gasteiger partial charge < -0.3 is 5.32 Å². The number of halogens is 4. The molecule has 2 saturated heterocycles. The number of rotatable bonds is 5. The summed E-state index contributed by atoms with van der Waals surface area (Å²) in [6, 6.07) is 10.8. The number of amides is 1. The number of carbonyl (C=O) groups excluding carboxylic acids is 1. The lowest BCUT2D eigenvalue weighted by Gasteiger charge is -2.39. The topological polar surface area (TPSA) is 32.3 Å².